The lowest BCUT2D eigenvalue weighted by molar-refractivity contribution is -0.140. The zero-order valence-corrected chi connectivity index (χ0v) is 21.6. The summed E-state index contributed by atoms with van der Waals surface area (Å²) in [6.07, 6.45) is 0.119. The molecule has 3 amide bonds. The van der Waals surface area contributed by atoms with E-state index in [-0.39, 0.29) is 24.0 Å². The summed E-state index contributed by atoms with van der Waals surface area (Å²) in [5.74, 6) is -1.81. The first kappa shape index (κ1) is 27.9. The Kier molecular flexibility index (Phi) is 9.65. The van der Waals surface area contributed by atoms with Gasteiger partial charge in [0.1, 0.15) is 17.7 Å². The molecule has 2 aromatic rings. The van der Waals surface area contributed by atoms with Crippen molar-refractivity contribution in [1.82, 2.24) is 20.4 Å². The molecule has 8 nitrogen and oxygen atoms in total. The molecule has 0 bridgehead atoms. The first-order chi connectivity index (χ1) is 18.3. The summed E-state index contributed by atoms with van der Waals surface area (Å²) >= 11 is 0. The van der Waals surface area contributed by atoms with Gasteiger partial charge < -0.3 is 30.3 Å². The number of nitrogens with zero attached hydrogens (tertiary/aromatic N) is 2. The van der Waals surface area contributed by atoms with Gasteiger partial charge >= 0.3 is 6.03 Å². The number of urea groups is 1. The lowest BCUT2D eigenvalue weighted by Gasteiger charge is -2.38. The summed E-state index contributed by atoms with van der Waals surface area (Å²) < 4.78 is 33.6. The molecule has 2 saturated heterocycles. The zero-order valence-electron chi connectivity index (χ0n) is 21.6. The zero-order chi connectivity index (χ0) is 27.1. The van der Waals surface area contributed by atoms with E-state index in [2.05, 4.69) is 10.6 Å². The molecule has 0 aromatic heterocycles. The van der Waals surface area contributed by atoms with Crippen molar-refractivity contribution in [1.29, 1.82) is 0 Å². The van der Waals surface area contributed by atoms with E-state index in [1.807, 2.05) is 37.3 Å². The molecule has 2 fully saturated rings. The van der Waals surface area contributed by atoms with Crippen LogP contribution in [0.1, 0.15) is 30.9 Å². The maximum absolute atomic E-state index is 13.9. The van der Waals surface area contributed by atoms with E-state index in [9.17, 15) is 23.5 Å². The summed E-state index contributed by atoms with van der Waals surface area (Å²) in [6, 6.07) is 10.3. The molecule has 38 heavy (non-hydrogen) atoms. The molecule has 0 aliphatic carbocycles. The average molecular weight is 531 g/mol. The van der Waals surface area contributed by atoms with Gasteiger partial charge in [0.15, 0.2) is 0 Å². The quantitative estimate of drug-likeness (QED) is 0.439. The van der Waals surface area contributed by atoms with Crippen LogP contribution in [0.2, 0.25) is 0 Å². The predicted octanol–water partition coefficient (Wildman–Crippen LogP) is 2.45. The molecule has 4 rings (SSSR count). The third-order valence-electron chi connectivity index (χ3n) is 6.97. The van der Waals surface area contributed by atoms with E-state index in [0.717, 1.165) is 30.2 Å². The molecule has 3 N–H and O–H groups in total. The third kappa shape index (κ3) is 7.27. The fourth-order valence-electron chi connectivity index (χ4n) is 5.03. The van der Waals surface area contributed by atoms with Gasteiger partial charge in [0, 0.05) is 45.4 Å². The Morgan fingerprint density at radius 1 is 1.16 bits per heavy atom. The number of ether oxygens (including phenoxy) is 1. The minimum atomic E-state index is -1.34. The number of aliphatic hydroxyl groups is 1. The molecule has 0 saturated carbocycles. The minimum absolute atomic E-state index is 0.0602. The van der Waals surface area contributed by atoms with Crippen molar-refractivity contribution in [3.63, 3.8) is 0 Å². The SMILES string of the molecule is CCCO[C@@H]1CCN(C(=O)N[C@@H](Cc2cc(F)cc(F)c2)[C@H](O)[C@@H]2NCCN(Cc3ccccc3)C2=O)C1. The number of rotatable bonds is 10. The van der Waals surface area contributed by atoms with Crippen LogP contribution in [-0.4, -0.2) is 83.9 Å². The second-order valence-electron chi connectivity index (χ2n) is 9.93. The molecule has 2 aliphatic heterocycles. The molecule has 4 atom stereocenters. The number of hydrogen-bond acceptors (Lipinski definition) is 5. The normalized spacial score (nSPS) is 21.4. The number of nitrogens with one attached hydrogen (secondary N) is 2. The number of carbonyl (C=O) groups excluding carboxylic acids is 2. The van der Waals surface area contributed by atoms with Crippen LogP contribution >= 0.6 is 0 Å². The van der Waals surface area contributed by atoms with Gasteiger partial charge in [0.2, 0.25) is 5.91 Å². The summed E-state index contributed by atoms with van der Waals surface area (Å²) in [4.78, 5) is 29.8. The van der Waals surface area contributed by atoms with Gasteiger partial charge in [-0.1, -0.05) is 37.3 Å². The molecule has 10 heteroatoms. The Labute approximate surface area is 221 Å². The van der Waals surface area contributed by atoms with Crippen molar-refractivity contribution in [2.45, 2.75) is 57.0 Å². The van der Waals surface area contributed by atoms with Gasteiger partial charge in [0.05, 0.1) is 18.2 Å². The number of carbonyl (C=O) groups is 2. The minimum Gasteiger partial charge on any atom is -0.389 e. The molecule has 0 spiro atoms. The van der Waals surface area contributed by atoms with E-state index in [0.29, 0.717) is 45.8 Å². The maximum Gasteiger partial charge on any atom is 0.317 e. The van der Waals surface area contributed by atoms with E-state index in [1.54, 1.807) is 9.80 Å². The first-order valence-electron chi connectivity index (χ1n) is 13.2. The highest BCUT2D eigenvalue weighted by Gasteiger charge is 2.39. The first-order valence-corrected chi connectivity index (χ1v) is 13.2. The van der Waals surface area contributed by atoms with Gasteiger partial charge in [-0.3, -0.25) is 4.79 Å². The lowest BCUT2D eigenvalue weighted by atomic mass is 9.94. The molecular formula is C28H36F2N4O4. The van der Waals surface area contributed by atoms with Crippen LogP contribution < -0.4 is 10.6 Å². The van der Waals surface area contributed by atoms with Crippen molar-refractivity contribution in [2.24, 2.45) is 0 Å². The number of piperazine rings is 1. The van der Waals surface area contributed by atoms with E-state index in [1.165, 1.54) is 0 Å². The molecule has 2 heterocycles. The topological polar surface area (TPSA) is 94.1 Å². The monoisotopic (exact) mass is 530 g/mol. The van der Waals surface area contributed by atoms with E-state index >= 15 is 0 Å². The number of halogens is 2. The summed E-state index contributed by atoms with van der Waals surface area (Å²) in [7, 11) is 0. The third-order valence-corrected chi connectivity index (χ3v) is 6.97. The molecule has 2 aliphatic rings. The van der Waals surface area contributed by atoms with Crippen LogP contribution in [0.25, 0.3) is 0 Å². The molecule has 2 aromatic carbocycles. The second-order valence-corrected chi connectivity index (χ2v) is 9.93. The largest absolute Gasteiger partial charge is 0.389 e. The van der Waals surface area contributed by atoms with Crippen molar-refractivity contribution in [3.8, 4) is 0 Å². The maximum atomic E-state index is 13.9. The number of benzene rings is 2. The van der Waals surface area contributed by atoms with Crippen LogP contribution in [0.15, 0.2) is 48.5 Å². The highest BCUT2D eigenvalue weighted by molar-refractivity contribution is 5.83. The Morgan fingerprint density at radius 3 is 2.61 bits per heavy atom. The van der Waals surface area contributed by atoms with Crippen molar-refractivity contribution in [3.05, 3.63) is 71.3 Å². The van der Waals surface area contributed by atoms with Crippen LogP contribution in [0, 0.1) is 11.6 Å². The number of amides is 3. The van der Waals surface area contributed by atoms with Crippen molar-refractivity contribution in [2.75, 3.05) is 32.8 Å². The Balaban J connectivity index is 1.49. The molecule has 0 radical (unpaired) electrons. The van der Waals surface area contributed by atoms with Gasteiger partial charge in [-0.15, -0.1) is 0 Å². The standard InChI is InChI=1S/C28H36F2N4O4/c1-2-12-38-23-8-10-34(18-23)28(37)32-24(15-20-13-21(29)16-22(30)14-20)26(35)25-27(36)33(11-9-31-25)17-19-6-4-3-5-7-19/h3-7,13-14,16,23-26,31,35H,2,8-12,15,17-18H2,1H3,(H,32,37)/t23-,24+,25+,26+/m1/s1. The predicted molar refractivity (Wildman–Crippen MR) is 138 cm³/mol. The number of likely N-dealkylation sites (tertiary alicyclic amines) is 1. The summed E-state index contributed by atoms with van der Waals surface area (Å²) in [6.45, 7) is 4.85. The highest BCUT2D eigenvalue weighted by Crippen LogP contribution is 2.19. The van der Waals surface area contributed by atoms with Gasteiger partial charge in [-0.25, -0.2) is 13.6 Å². The molecule has 206 valence electrons. The van der Waals surface area contributed by atoms with Crippen LogP contribution in [0.5, 0.6) is 0 Å². The molecule has 0 unspecified atom stereocenters. The fourth-order valence-corrected chi connectivity index (χ4v) is 5.03. The van der Waals surface area contributed by atoms with Crippen LogP contribution in [0.3, 0.4) is 0 Å². The average Bonchev–Trinajstić information content (AvgIpc) is 3.37. The Bertz CT molecular complexity index is 1070. The second kappa shape index (κ2) is 13.1. The Hall–Kier alpha value is -3.08. The van der Waals surface area contributed by atoms with E-state index < -0.39 is 35.9 Å². The van der Waals surface area contributed by atoms with Crippen molar-refractivity contribution < 1.29 is 28.2 Å². The van der Waals surface area contributed by atoms with Gasteiger partial charge in [-0.05, 0) is 42.5 Å². The van der Waals surface area contributed by atoms with Crippen LogP contribution in [0.4, 0.5) is 13.6 Å². The summed E-state index contributed by atoms with van der Waals surface area (Å²) in [5, 5.41) is 17.3. The van der Waals surface area contributed by atoms with E-state index in [4.69, 9.17) is 4.74 Å². The van der Waals surface area contributed by atoms with Crippen LogP contribution in [-0.2, 0) is 22.5 Å². The highest BCUT2D eigenvalue weighted by atomic mass is 19.1. The Morgan fingerprint density at radius 2 is 1.89 bits per heavy atom. The smallest absolute Gasteiger partial charge is 0.317 e. The molecular weight excluding hydrogens is 494 g/mol. The summed E-state index contributed by atoms with van der Waals surface area (Å²) in [5.41, 5.74) is 1.23. The number of hydrogen-bond donors (Lipinski definition) is 3. The van der Waals surface area contributed by atoms with Gasteiger partial charge in [0.25, 0.3) is 0 Å². The lowest BCUT2D eigenvalue weighted by Crippen LogP contribution is -2.64. The number of aliphatic hydroxyl groups excluding tert-OH is 1. The van der Waals surface area contributed by atoms with Crippen molar-refractivity contribution >= 4 is 11.9 Å². The van der Waals surface area contributed by atoms with Gasteiger partial charge in [-0.2, -0.15) is 0 Å². The fraction of sp³-hybridized carbons (Fsp3) is 0.500.